The van der Waals surface area contributed by atoms with Crippen molar-refractivity contribution in [3.63, 3.8) is 0 Å². The Bertz CT molecular complexity index is 599. The topological polar surface area (TPSA) is 81.1 Å². The standard InChI is InChI=1S/C13H12BrN3O/c14-9-5-1-2-6-10(9)17-11-7-3-4-8(12(11)15)13(16)18/h1-7,17H,15H2,(H2,16,18). The molecule has 0 fully saturated rings. The number of nitrogens with one attached hydrogen (secondary N) is 1. The maximum atomic E-state index is 11.2. The molecule has 0 aliphatic heterocycles. The Labute approximate surface area is 113 Å². The van der Waals surface area contributed by atoms with Gasteiger partial charge in [0.15, 0.2) is 0 Å². The van der Waals surface area contributed by atoms with Crippen LogP contribution in [0.15, 0.2) is 46.9 Å². The number of nitrogens with two attached hydrogens (primary N) is 2. The lowest BCUT2D eigenvalue weighted by Gasteiger charge is -2.12. The molecule has 18 heavy (non-hydrogen) atoms. The summed E-state index contributed by atoms with van der Waals surface area (Å²) in [6.07, 6.45) is 0. The highest BCUT2D eigenvalue weighted by atomic mass is 79.9. The van der Waals surface area contributed by atoms with Crippen molar-refractivity contribution in [2.45, 2.75) is 0 Å². The number of amides is 1. The summed E-state index contributed by atoms with van der Waals surface area (Å²) in [5.74, 6) is -0.539. The zero-order valence-electron chi connectivity index (χ0n) is 9.48. The largest absolute Gasteiger partial charge is 0.396 e. The van der Waals surface area contributed by atoms with E-state index in [4.69, 9.17) is 11.5 Å². The number of carbonyl (C=O) groups excluding carboxylic acids is 1. The second kappa shape index (κ2) is 5.10. The Morgan fingerprint density at radius 1 is 1.06 bits per heavy atom. The fourth-order valence-electron chi connectivity index (χ4n) is 1.60. The van der Waals surface area contributed by atoms with E-state index in [1.807, 2.05) is 24.3 Å². The average molecular weight is 306 g/mol. The SMILES string of the molecule is NC(=O)c1cccc(Nc2ccccc2Br)c1N. The monoisotopic (exact) mass is 305 g/mol. The van der Waals surface area contributed by atoms with Gasteiger partial charge >= 0.3 is 0 Å². The Morgan fingerprint density at radius 3 is 2.39 bits per heavy atom. The molecule has 0 bridgehead atoms. The van der Waals surface area contributed by atoms with Crippen molar-refractivity contribution in [3.8, 4) is 0 Å². The van der Waals surface area contributed by atoms with Crippen molar-refractivity contribution < 1.29 is 4.79 Å². The van der Waals surface area contributed by atoms with Crippen LogP contribution in [0.5, 0.6) is 0 Å². The van der Waals surface area contributed by atoms with Crippen LogP contribution in [-0.2, 0) is 0 Å². The minimum atomic E-state index is -0.539. The number of benzene rings is 2. The molecule has 0 unspecified atom stereocenters. The van der Waals surface area contributed by atoms with Crippen molar-refractivity contribution in [2.24, 2.45) is 5.73 Å². The molecule has 4 nitrogen and oxygen atoms in total. The summed E-state index contributed by atoms with van der Waals surface area (Å²) in [5.41, 5.74) is 13.3. The molecule has 0 aromatic heterocycles. The van der Waals surface area contributed by atoms with Crippen LogP contribution in [0.25, 0.3) is 0 Å². The third-order valence-electron chi connectivity index (χ3n) is 2.51. The van der Waals surface area contributed by atoms with Gasteiger partial charge < -0.3 is 16.8 Å². The highest BCUT2D eigenvalue weighted by Gasteiger charge is 2.10. The van der Waals surface area contributed by atoms with E-state index < -0.39 is 5.91 Å². The number of para-hydroxylation sites is 2. The summed E-state index contributed by atoms with van der Waals surface area (Å²) < 4.78 is 0.911. The van der Waals surface area contributed by atoms with Gasteiger partial charge in [-0.1, -0.05) is 18.2 Å². The zero-order chi connectivity index (χ0) is 13.1. The van der Waals surface area contributed by atoms with Crippen LogP contribution in [0, 0.1) is 0 Å². The molecule has 0 aliphatic rings. The van der Waals surface area contributed by atoms with Gasteiger partial charge in [0.2, 0.25) is 0 Å². The molecular weight excluding hydrogens is 294 g/mol. The molecular formula is C13H12BrN3O. The summed E-state index contributed by atoms with van der Waals surface area (Å²) >= 11 is 3.43. The van der Waals surface area contributed by atoms with Crippen molar-refractivity contribution >= 4 is 38.9 Å². The lowest BCUT2D eigenvalue weighted by Crippen LogP contribution is -2.14. The first kappa shape index (κ1) is 12.4. The second-order valence-corrected chi connectivity index (χ2v) is 4.59. The van der Waals surface area contributed by atoms with E-state index >= 15 is 0 Å². The second-order valence-electron chi connectivity index (χ2n) is 3.74. The number of anilines is 3. The molecule has 0 spiro atoms. The molecule has 5 N–H and O–H groups in total. The van der Waals surface area contributed by atoms with E-state index in [-0.39, 0.29) is 0 Å². The average Bonchev–Trinajstić information content (AvgIpc) is 2.34. The van der Waals surface area contributed by atoms with E-state index in [2.05, 4.69) is 21.2 Å². The maximum Gasteiger partial charge on any atom is 0.250 e. The van der Waals surface area contributed by atoms with Gasteiger partial charge in [0.25, 0.3) is 5.91 Å². The number of primary amides is 1. The van der Waals surface area contributed by atoms with E-state index in [0.29, 0.717) is 16.9 Å². The first-order valence-electron chi connectivity index (χ1n) is 5.29. The molecule has 0 radical (unpaired) electrons. The lowest BCUT2D eigenvalue weighted by atomic mass is 10.1. The fourth-order valence-corrected chi connectivity index (χ4v) is 1.98. The smallest absolute Gasteiger partial charge is 0.250 e. The van der Waals surface area contributed by atoms with Crippen LogP contribution in [0.1, 0.15) is 10.4 Å². The number of nitrogen functional groups attached to an aromatic ring is 1. The van der Waals surface area contributed by atoms with Crippen molar-refractivity contribution in [2.75, 3.05) is 11.1 Å². The molecule has 2 aromatic rings. The lowest BCUT2D eigenvalue weighted by molar-refractivity contribution is 0.100. The Hall–Kier alpha value is -2.01. The summed E-state index contributed by atoms with van der Waals surface area (Å²) in [4.78, 5) is 11.2. The number of rotatable bonds is 3. The van der Waals surface area contributed by atoms with Crippen LogP contribution in [0.4, 0.5) is 17.1 Å². The van der Waals surface area contributed by atoms with Gasteiger partial charge in [-0.2, -0.15) is 0 Å². The highest BCUT2D eigenvalue weighted by Crippen LogP contribution is 2.29. The molecule has 0 aliphatic carbocycles. The predicted octanol–water partition coefficient (Wildman–Crippen LogP) is 2.87. The van der Waals surface area contributed by atoms with Gasteiger partial charge in [-0.3, -0.25) is 4.79 Å². The third-order valence-corrected chi connectivity index (χ3v) is 3.21. The van der Waals surface area contributed by atoms with Gasteiger partial charge in [-0.25, -0.2) is 0 Å². The summed E-state index contributed by atoms with van der Waals surface area (Å²) in [7, 11) is 0. The molecule has 2 aromatic carbocycles. The molecule has 5 heteroatoms. The Balaban J connectivity index is 2.39. The molecule has 0 saturated carbocycles. The van der Waals surface area contributed by atoms with Crippen molar-refractivity contribution in [3.05, 3.63) is 52.5 Å². The van der Waals surface area contributed by atoms with Gasteiger partial charge in [0.1, 0.15) is 0 Å². The number of hydrogen-bond donors (Lipinski definition) is 3. The number of carbonyl (C=O) groups is 1. The molecule has 0 atom stereocenters. The van der Waals surface area contributed by atoms with Gasteiger partial charge in [-0.05, 0) is 40.2 Å². The van der Waals surface area contributed by atoms with Gasteiger partial charge in [0.05, 0.1) is 22.6 Å². The van der Waals surface area contributed by atoms with E-state index in [0.717, 1.165) is 10.2 Å². The summed E-state index contributed by atoms with van der Waals surface area (Å²) in [5, 5.41) is 3.16. The minimum Gasteiger partial charge on any atom is -0.396 e. The molecule has 2 rings (SSSR count). The van der Waals surface area contributed by atoms with Crippen LogP contribution < -0.4 is 16.8 Å². The predicted molar refractivity (Wildman–Crippen MR) is 76.8 cm³/mol. The first-order valence-corrected chi connectivity index (χ1v) is 6.08. The normalized spacial score (nSPS) is 10.1. The first-order chi connectivity index (χ1) is 8.59. The van der Waals surface area contributed by atoms with Gasteiger partial charge in [-0.15, -0.1) is 0 Å². The molecule has 0 saturated heterocycles. The van der Waals surface area contributed by atoms with Crippen LogP contribution >= 0.6 is 15.9 Å². The Morgan fingerprint density at radius 2 is 1.72 bits per heavy atom. The molecule has 92 valence electrons. The van der Waals surface area contributed by atoms with E-state index in [9.17, 15) is 4.79 Å². The van der Waals surface area contributed by atoms with Crippen LogP contribution in [0.3, 0.4) is 0 Å². The third kappa shape index (κ3) is 2.46. The van der Waals surface area contributed by atoms with E-state index in [1.54, 1.807) is 18.2 Å². The zero-order valence-corrected chi connectivity index (χ0v) is 11.1. The number of hydrogen-bond acceptors (Lipinski definition) is 3. The fraction of sp³-hybridized carbons (Fsp3) is 0. The van der Waals surface area contributed by atoms with Crippen LogP contribution in [0.2, 0.25) is 0 Å². The molecule has 1 amide bonds. The van der Waals surface area contributed by atoms with Crippen LogP contribution in [-0.4, -0.2) is 5.91 Å². The van der Waals surface area contributed by atoms with Crippen molar-refractivity contribution in [1.29, 1.82) is 0 Å². The summed E-state index contributed by atoms with van der Waals surface area (Å²) in [6, 6.07) is 12.8. The van der Waals surface area contributed by atoms with Gasteiger partial charge in [0, 0.05) is 4.47 Å². The Kier molecular flexibility index (Phi) is 3.53. The highest BCUT2D eigenvalue weighted by molar-refractivity contribution is 9.10. The maximum absolute atomic E-state index is 11.2. The summed E-state index contributed by atoms with van der Waals surface area (Å²) in [6.45, 7) is 0. The minimum absolute atomic E-state index is 0.312. The van der Waals surface area contributed by atoms with E-state index in [1.165, 1.54) is 0 Å². The van der Waals surface area contributed by atoms with Crippen molar-refractivity contribution in [1.82, 2.24) is 0 Å². The number of halogens is 1. The molecule has 0 heterocycles. The quantitative estimate of drug-likeness (QED) is 0.763.